The summed E-state index contributed by atoms with van der Waals surface area (Å²) in [7, 11) is -16.1. The van der Waals surface area contributed by atoms with Crippen molar-refractivity contribution in [3.63, 3.8) is 0 Å². The summed E-state index contributed by atoms with van der Waals surface area (Å²) < 4.78 is 109. The van der Waals surface area contributed by atoms with Crippen LogP contribution in [0.5, 0.6) is 23.0 Å². The van der Waals surface area contributed by atoms with Gasteiger partial charge < -0.3 is 44.7 Å². The van der Waals surface area contributed by atoms with E-state index in [9.17, 15) is 68.9 Å². The Morgan fingerprint density at radius 1 is 0.544 bits per heavy atom. The van der Waals surface area contributed by atoms with Crippen molar-refractivity contribution in [1.29, 1.82) is 0 Å². The monoisotopic (exact) mass is 1080 g/mol. The number of benzene rings is 7. The number of nitrogens with zero attached hydrogens (tertiary/aromatic N) is 4. The van der Waals surface area contributed by atoms with Crippen LogP contribution >= 0.6 is 0 Å². The molecular weight excluding hydrogens is 1060 g/mol. The van der Waals surface area contributed by atoms with E-state index in [0.29, 0.717) is 23.8 Å². The van der Waals surface area contributed by atoms with Crippen molar-refractivity contribution < 1.29 is 133 Å². The number of hydrogen-bond donors (Lipinski definition) is 2. The molecule has 7 rings (SSSR count). The first kappa shape index (κ1) is 54.8. The van der Waals surface area contributed by atoms with Gasteiger partial charge in [-0.2, -0.15) is 10.2 Å². The van der Waals surface area contributed by atoms with Gasteiger partial charge in [0.2, 0.25) is 5.91 Å². The molecule has 2 amide bonds. The summed E-state index contributed by atoms with van der Waals surface area (Å²) in [4.78, 5) is 21.2. The third kappa shape index (κ3) is 11.9. The van der Waals surface area contributed by atoms with Crippen LogP contribution in [-0.2, 0) is 69.3 Å². The number of carbonyl (C=O) groups excluding carboxylic acids is 2. The molecule has 0 fully saturated rings. The van der Waals surface area contributed by atoms with Crippen LogP contribution in [0.3, 0.4) is 0 Å². The Morgan fingerprint density at radius 2 is 1.06 bits per heavy atom. The Labute approximate surface area is 428 Å². The third-order valence-corrected chi connectivity index (χ3v) is 11.8. The number of amides is 2. The molecule has 0 aliphatic rings. The Bertz CT molecular complexity index is 3590. The van der Waals surface area contributed by atoms with Gasteiger partial charge in [0.15, 0.2) is 0 Å². The number of fused-ring (bicyclic) bond motifs is 2. The van der Waals surface area contributed by atoms with E-state index < -0.39 is 119 Å². The van der Waals surface area contributed by atoms with Gasteiger partial charge in [-0.15, -0.1) is 10.2 Å². The second kappa shape index (κ2) is 21.2. The Hall–Kier alpha value is -5.83. The normalized spacial score (nSPS) is 11.8. The van der Waals surface area contributed by atoms with Gasteiger partial charge in [0.25, 0.3) is 5.91 Å². The van der Waals surface area contributed by atoms with E-state index in [1.165, 1.54) is 30.3 Å². The summed E-state index contributed by atoms with van der Waals surface area (Å²) in [5.74, 6) is -5.44. The van der Waals surface area contributed by atoms with Crippen LogP contribution in [0.2, 0.25) is 0 Å². The number of rotatable bonds is 11. The fourth-order valence-electron chi connectivity index (χ4n) is 6.42. The zero-order valence-electron chi connectivity index (χ0n) is 34.1. The molecule has 68 heavy (non-hydrogen) atoms. The number of nitrogens with one attached hydrogen (secondary N) is 2. The standard InChI is InChI=1S/C41H30N6O15S3.2Cu.Na/c1-20(48)42-31-19-27(63(54,55)56)14-25-18-35(65(60,61)62)38(40(52)36(25)31)47-45-30-12-8-23(16-33(30)50)22-7-11-29(32(49)15-22)44-46-37-34(64(57,58)59)17-24-13-26(9-10-28(24)39(37)51)43-41(53)21-5-3-2-4-6-21;;;/h2-19,49-52H,1H3,(H,42,48)(H,43,53)(H,54,55,56)(H,57,58,59)(H,60,61,62);;;/q;2*+2;+1/p-7. The molecule has 2 N–H and O–H groups in total. The van der Waals surface area contributed by atoms with Gasteiger partial charge >= 0.3 is 63.7 Å². The van der Waals surface area contributed by atoms with Gasteiger partial charge in [0, 0.05) is 23.9 Å². The van der Waals surface area contributed by atoms with Gasteiger partial charge in [-0.05, 0) is 93.3 Å². The van der Waals surface area contributed by atoms with E-state index in [2.05, 4.69) is 31.1 Å². The van der Waals surface area contributed by atoms with Crippen LogP contribution in [0.15, 0.2) is 144 Å². The van der Waals surface area contributed by atoms with E-state index >= 15 is 0 Å². The summed E-state index contributed by atoms with van der Waals surface area (Å²) >= 11 is 0. The van der Waals surface area contributed by atoms with Crippen molar-refractivity contribution in [3.8, 4) is 34.1 Å². The topological polar surface area (TPSA) is 371 Å². The summed E-state index contributed by atoms with van der Waals surface area (Å²) in [6.45, 7) is 0.983. The van der Waals surface area contributed by atoms with E-state index in [-0.39, 0.29) is 91.3 Å². The minimum Gasteiger partial charge on any atom is -0.871 e. The van der Waals surface area contributed by atoms with Gasteiger partial charge in [-0.25, -0.2) is 25.3 Å². The van der Waals surface area contributed by atoms with Gasteiger partial charge in [0.1, 0.15) is 30.4 Å². The molecule has 0 unspecified atom stereocenters. The van der Waals surface area contributed by atoms with E-state index in [4.69, 9.17) is 0 Å². The molecular formula is C41H23Cu2N6NaO15S3-2. The molecule has 27 heteroatoms. The Morgan fingerprint density at radius 3 is 1.54 bits per heavy atom. The van der Waals surface area contributed by atoms with Crippen molar-refractivity contribution in [2.45, 2.75) is 21.6 Å². The number of carbonyl (C=O) groups is 2. The van der Waals surface area contributed by atoms with Crippen LogP contribution in [0.1, 0.15) is 17.3 Å². The van der Waals surface area contributed by atoms with Crippen molar-refractivity contribution in [1.82, 2.24) is 0 Å². The third-order valence-electron chi connectivity index (χ3n) is 9.34. The minimum atomic E-state index is -5.56. The summed E-state index contributed by atoms with van der Waals surface area (Å²) in [5.41, 5.74) is -2.75. The van der Waals surface area contributed by atoms with Gasteiger partial charge in [-0.1, -0.05) is 71.5 Å². The molecule has 21 nitrogen and oxygen atoms in total. The first-order valence-electron chi connectivity index (χ1n) is 18.1. The smallest absolute Gasteiger partial charge is 0.871 e. The molecule has 7 aromatic carbocycles. The maximum atomic E-state index is 13.6. The molecule has 0 atom stereocenters. The van der Waals surface area contributed by atoms with E-state index in [1.54, 1.807) is 30.3 Å². The fourth-order valence-corrected chi connectivity index (χ4v) is 8.23. The fraction of sp³-hybridized carbons (Fsp3) is 0.0244. The number of hydrogen-bond acceptors (Lipinski definition) is 19. The summed E-state index contributed by atoms with van der Waals surface area (Å²) in [6, 6.07) is 21.5. The predicted molar refractivity (Wildman–Crippen MR) is 218 cm³/mol. The summed E-state index contributed by atoms with van der Waals surface area (Å²) in [6.07, 6.45) is 0. The maximum Gasteiger partial charge on any atom is 2.00 e. The number of azo groups is 2. The molecule has 0 spiro atoms. The van der Waals surface area contributed by atoms with Crippen LogP contribution in [0, 0.1) is 0 Å². The van der Waals surface area contributed by atoms with Crippen LogP contribution < -0.4 is 60.6 Å². The molecule has 0 saturated carbocycles. The predicted octanol–water partition coefficient (Wildman–Crippen LogP) is 1.71. The second-order valence-electron chi connectivity index (χ2n) is 13.7. The van der Waals surface area contributed by atoms with Crippen molar-refractivity contribution in [3.05, 3.63) is 115 Å². The second-order valence-corrected chi connectivity index (χ2v) is 17.8. The quantitative estimate of drug-likeness (QED) is 0.106. The van der Waals surface area contributed by atoms with Crippen molar-refractivity contribution >= 4 is 97.8 Å². The average Bonchev–Trinajstić information content (AvgIpc) is 3.22. The Balaban J connectivity index is 0.00000336. The summed E-state index contributed by atoms with van der Waals surface area (Å²) in [5, 5.41) is 71.4. The van der Waals surface area contributed by atoms with Crippen molar-refractivity contribution in [2.75, 3.05) is 10.6 Å². The molecule has 0 aliphatic heterocycles. The van der Waals surface area contributed by atoms with Gasteiger partial charge in [-0.3, -0.25) is 9.59 Å². The van der Waals surface area contributed by atoms with Gasteiger partial charge in [0.05, 0.1) is 37.4 Å². The average molecular weight is 1090 g/mol. The minimum absolute atomic E-state index is 0. The number of anilines is 2. The molecule has 0 heterocycles. The largest absolute Gasteiger partial charge is 2.00 e. The molecule has 350 valence electrons. The van der Waals surface area contributed by atoms with Crippen molar-refractivity contribution in [2.24, 2.45) is 20.5 Å². The van der Waals surface area contributed by atoms with Crippen LogP contribution in [0.4, 0.5) is 34.1 Å². The molecule has 0 saturated heterocycles. The molecule has 0 bridgehead atoms. The van der Waals surface area contributed by atoms with E-state index in [1.807, 2.05) is 0 Å². The molecule has 2 radical (unpaired) electrons. The zero-order valence-corrected chi connectivity index (χ0v) is 40.5. The maximum absolute atomic E-state index is 13.6. The Kier molecular flexibility index (Phi) is 17.1. The molecule has 0 aromatic heterocycles. The molecule has 0 aliphatic carbocycles. The SMILES string of the molecule is CC(=O)Nc1cc(S(=O)(=O)[O-])cc2cc(S(=O)(=O)[O-])c(N=Nc3ccc(-c4ccc(N=Nc5c(S(=O)(=O)[O-])cc6cc(NC(=O)c7ccccc7)ccc6c5[O-])c([O-])c4)cc3[O-])c([O-])c12.[Cu+2].[Cu+2].[Na+]. The first-order chi connectivity index (χ1) is 30.5. The first-order valence-corrected chi connectivity index (χ1v) is 22.3. The van der Waals surface area contributed by atoms with E-state index in [0.717, 1.165) is 37.3 Å². The van der Waals surface area contributed by atoms with Crippen LogP contribution in [0.25, 0.3) is 32.7 Å². The zero-order chi connectivity index (χ0) is 47.2. The van der Waals surface area contributed by atoms with Crippen LogP contribution in [-0.4, -0.2) is 50.7 Å². The molecule has 7 aromatic rings.